The summed E-state index contributed by atoms with van der Waals surface area (Å²) in [5, 5.41) is 2.82. The fourth-order valence-corrected chi connectivity index (χ4v) is 1.11. The first kappa shape index (κ1) is 15.9. The van der Waals surface area contributed by atoms with Gasteiger partial charge in [-0.25, -0.2) is 0 Å². The van der Waals surface area contributed by atoms with E-state index in [1.165, 1.54) is 6.42 Å². The van der Waals surface area contributed by atoms with Crippen molar-refractivity contribution in [3.8, 4) is 0 Å². The van der Waals surface area contributed by atoms with Crippen molar-refractivity contribution in [1.82, 2.24) is 5.32 Å². The van der Waals surface area contributed by atoms with Gasteiger partial charge in [-0.15, -0.1) is 0 Å². The third-order valence-electron chi connectivity index (χ3n) is 2.31. The van der Waals surface area contributed by atoms with Gasteiger partial charge in [-0.3, -0.25) is 4.79 Å². The molecule has 1 unspecified atom stereocenters. The average molecular weight is 203 g/mol. The van der Waals surface area contributed by atoms with E-state index in [2.05, 4.69) is 47.1 Å². The van der Waals surface area contributed by atoms with Crippen LogP contribution in [0.5, 0.6) is 0 Å². The Morgan fingerprint density at radius 3 is 1.86 bits per heavy atom. The summed E-state index contributed by atoms with van der Waals surface area (Å²) < 4.78 is 0.842. The molecule has 0 saturated heterocycles. The molecule has 0 aliphatic carbocycles. The van der Waals surface area contributed by atoms with E-state index in [0.29, 0.717) is 0 Å². The largest absolute Gasteiger partial charge is 0.309 e. The number of nitrogens with zero attached hydrogens (tertiary/aromatic N) is 1. The predicted molar refractivity (Wildman–Crippen MR) is 61.9 cm³/mol. The summed E-state index contributed by atoms with van der Waals surface area (Å²) in [5.74, 6) is 0. The zero-order chi connectivity index (χ0) is 11.6. The quantitative estimate of drug-likeness (QED) is 0.413. The van der Waals surface area contributed by atoms with Crippen LogP contribution in [-0.4, -0.2) is 37.7 Å². The third-order valence-corrected chi connectivity index (χ3v) is 2.31. The number of hydrogen-bond acceptors (Lipinski definition) is 1. The van der Waals surface area contributed by atoms with Crippen LogP contribution in [0.3, 0.4) is 0 Å². The highest BCUT2D eigenvalue weighted by Gasteiger charge is 2.23. The molecular formula is C11H27N2O+. The van der Waals surface area contributed by atoms with E-state index in [0.717, 1.165) is 23.9 Å². The molecule has 0 aliphatic heterocycles. The van der Waals surface area contributed by atoms with Crippen LogP contribution in [0.25, 0.3) is 0 Å². The molecule has 1 amide bonds. The van der Waals surface area contributed by atoms with Gasteiger partial charge in [0.05, 0.1) is 20.6 Å². The monoisotopic (exact) mass is 203 g/mol. The number of carbonyl (C=O) groups is 1. The van der Waals surface area contributed by atoms with Crippen LogP contribution in [-0.2, 0) is 4.79 Å². The lowest BCUT2D eigenvalue weighted by Crippen LogP contribution is -2.55. The van der Waals surface area contributed by atoms with Crippen molar-refractivity contribution < 1.29 is 9.28 Å². The Kier molecular flexibility index (Phi) is 10.2. The van der Waals surface area contributed by atoms with Gasteiger partial charge < -0.3 is 9.80 Å². The van der Waals surface area contributed by atoms with Gasteiger partial charge in [0.25, 0.3) is 0 Å². The van der Waals surface area contributed by atoms with Crippen LogP contribution in [0.1, 0.15) is 40.5 Å². The molecule has 0 spiro atoms. The van der Waals surface area contributed by atoms with Crippen molar-refractivity contribution >= 4 is 6.41 Å². The van der Waals surface area contributed by atoms with Gasteiger partial charge in [0.15, 0.2) is 6.17 Å². The minimum Gasteiger partial charge on any atom is -0.309 e. The summed E-state index contributed by atoms with van der Waals surface area (Å²) in [5.41, 5.74) is 0. The molecule has 0 bridgehead atoms. The number of hydrogen-bond donors (Lipinski definition) is 1. The molecule has 0 aliphatic rings. The summed E-state index contributed by atoms with van der Waals surface area (Å²) in [6, 6.07) is 0. The van der Waals surface area contributed by atoms with Gasteiger partial charge >= 0.3 is 0 Å². The molecular weight excluding hydrogens is 176 g/mol. The lowest BCUT2D eigenvalue weighted by molar-refractivity contribution is -0.915. The molecule has 3 heteroatoms. The molecule has 3 nitrogen and oxygen atoms in total. The van der Waals surface area contributed by atoms with Gasteiger partial charge in [-0.2, -0.15) is 0 Å². The summed E-state index contributed by atoms with van der Waals surface area (Å²) in [4.78, 5) is 10.2. The van der Waals surface area contributed by atoms with Crippen molar-refractivity contribution in [1.29, 1.82) is 0 Å². The number of quaternary nitrogens is 1. The number of carbonyl (C=O) groups excluding carboxylic acids is 1. The molecule has 0 aromatic carbocycles. The first-order valence-electron chi connectivity index (χ1n) is 5.52. The van der Waals surface area contributed by atoms with Gasteiger partial charge in [0, 0.05) is 6.42 Å². The van der Waals surface area contributed by atoms with E-state index in [9.17, 15) is 4.79 Å². The first-order valence-corrected chi connectivity index (χ1v) is 5.52. The first-order chi connectivity index (χ1) is 6.49. The van der Waals surface area contributed by atoms with Crippen molar-refractivity contribution in [2.45, 2.75) is 46.7 Å². The second-order valence-corrected chi connectivity index (χ2v) is 4.01. The molecule has 0 rings (SSSR count). The van der Waals surface area contributed by atoms with Crippen LogP contribution in [0.4, 0.5) is 0 Å². The van der Waals surface area contributed by atoms with E-state index in [1.54, 1.807) is 0 Å². The number of amides is 1. The Morgan fingerprint density at radius 2 is 1.64 bits per heavy atom. The second kappa shape index (κ2) is 9.00. The van der Waals surface area contributed by atoms with Crippen LogP contribution in [0, 0.1) is 0 Å². The Hall–Kier alpha value is -0.570. The van der Waals surface area contributed by atoms with Crippen molar-refractivity contribution in [3.05, 3.63) is 0 Å². The fraction of sp³-hybridized carbons (Fsp3) is 0.909. The molecule has 14 heavy (non-hydrogen) atoms. The van der Waals surface area contributed by atoms with Gasteiger partial charge in [0.1, 0.15) is 0 Å². The van der Waals surface area contributed by atoms with E-state index in [1.807, 2.05) is 0 Å². The molecule has 0 saturated carbocycles. The highest BCUT2D eigenvalue weighted by atomic mass is 16.1. The third kappa shape index (κ3) is 6.89. The van der Waals surface area contributed by atoms with Crippen LogP contribution < -0.4 is 5.32 Å². The Morgan fingerprint density at radius 1 is 1.21 bits per heavy atom. The highest BCUT2D eigenvalue weighted by molar-refractivity contribution is 5.46. The maximum atomic E-state index is 10.2. The molecule has 0 radical (unpaired) electrons. The maximum absolute atomic E-state index is 10.2. The average Bonchev–Trinajstić information content (AvgIpc) is 2.15. The zero-order valence-electron chi connectivity index (χ0n) is 10.6. The molecule has 1 atom stereocenters. The predicted octanol–water partition coefficient (Wildman–Crippen LogP) is 1.98. The summed E-state index contributed by atoms with van der Waals surface area (Å²) >= 11 is 0. The standard InChI is InChI=1S/C8H18N2O.C3H8/c1-5-8(9-7-11)10(3,4)6-2;1-3-2/h7-8H,5-6H2,1-4H3;3H2,1-2H3/p+1. The lowest BCUT2D eigenvalue weighted by atomic mass is 10.3. The summed E-state index contributed by atoms with van der Waals surface area (Å²) in [7, 11) is 4.23. The van der Waals surface area contributed by atoms with Gasteiger partial charge in [-0.1, -0.05) is 27.2 Å². The molecule has 0 heterocycles. The molecule has 86 valence electrons. The van der Waals surface area contributed by atoms with Crippen molar-refractivity contribution in [3.63, 3.8) is 0 Å². The minimum atomic E-state index is 0.248. The normalized spacial score (nSPS) is 12.4. The lowest BCUT2D eigenvalue weighted by Gasteiger charge is -2.35. The van der Waals surface area contributed by atoms with E-state index in [4.69, 9.17) is 0 Å². The van der Waals surface area contributed by atoms with Crippen molar-refractivity contribution in [2.75, 3.05) is 20.6 Å². The maximum Gasteiger partial charge on any atom is 0.211 e. The Labute approximate surface area is 89.1 Å². The molecule has 1 N–H and O–H groups in total. The van der Waals surface area contributed by atoms with Crippen LogP contribution >= 0.6 is 0 Å². The topological polar surface area (TPSA) is 29.1 Å². The molecule has 0 aromatic rings. The van der Waals surface area contributed by atoms with E-state index in [-0.39, 0.29) is 6.17 Å². The minimum absolute atomic E-state index is 0.248. The van der Waals surface area contributed by atoms with E-state index < -0.39 is 0 Å². The number of rotatable bonds is 5. The second-order valence-electron chi connectivity index (χ2n) is 4.01. The fourth-order valence-electron chi connectivity index (χ4n) is 1.11. The summed E-state index contributed by atoms with van der Waals surface area (Å²) in [6.07, 6.45) is 3.25. The summed E-state index contributed by atoms with van der Waals surface area (Å²) in [6.45, 7) is 9.48. The smallest absolute Gasteiger partial charge is 0.211 e. The Balaban J connectivity index is 0. The molecule has 0 aromatic heterocycles. The van der Waals surface area contributed by atoms with Crippen molar-refractivity contribution in [2.24, 2.45) is 0 Å². The van der Waals surface area contributed by atoms with Crippen LogP contribution in [0.2, 0.25) is 0 Å². The Bertz CT molecular complexity index is 135. The van der Waals surface area contributed by atoms with E-state index >= 15 is 0 Å². The number of nitrogens with one attached hydrogen (secondary N) is 1. The van der Waals surface area contributed by atoms with Gasteiger partial charge in [0.2, 0.25) is 6.41 Å². The van der Waals surface area contributed by atoms with Gasteiger partial charge in [-0.05, 0) is 6.92 Å². The highest BCUT2D eigenvalue weighted by Crippen LogP contribution is 2.05. The molecule has 0 fully saturated rings. The SMILES string of the molecule is CCC.CCC(NC=O)[N+](C)(C)CC. The zero-order valence-corrected chi connectivity index (χ0v) is 10.6. The van der Waals surface area contributed by atoms with Crippen LogP contribution in [0.15, 0.2) is 0 Å².